The van der Waals surface area contributed by atoms with Crippen molar-refractivity contribution in [3.8, 4) is 0 Å². The number of carbonyl (C=O) groups excluding carboxylic acids is 1. The summed E-state index contributed by atoms with van der Waals surface area (Å²) in [4.78, 5) is 23.5. The van der Waals surface area contributed by atoms with Crippen molar-refractivity contribution in [2.45, 2.75) is 13.8 Å². The molecule has 134 valence electrons. The van der Waals surface area contributed by atoms with Gasteiger partial charge in [-0.25, -0.2) is 0 Å². The topological polar surface area (TPSA) is 39.7 Å². The van der Waals surface area contributed by atoms with Crippen LogP contribution in [0.5, 0.6) is 0 Å². The van der Waals surface area contributed by atoms with Gasteiger partial charge in [-0.2, -0.15) is 0 Å². The molecule has 5 nitrogen and oxygen atoms in total. The molecule has 2 heterocycles. The van der Waals surface area contributed by atoms with E-state index in [9.17, 15) is 4.79 Å². The number of hydrogen-bond acceptors (Lipinski definition) is 4. The molecule has 0 spiro atoms. The van der Waals surface area contributed by atoms with Gasteiger partial charge in [0.1, 0.15) is 0 Å². The number of fused-ring (bicyclic) bond motifs is 1. The summed E-state index contributed by atoms with van der Waals surface area (Å²) in [7, 11) is 0. The molecule has 1 aromatic heterocycles. The van der Waals surface area contributed by atoms with Crippen molar-refractivity contribution in [1.82, 2.24) is 14.8 Å². The number of carbonyl (C=O) groups is 1. The average Bonchev–Trinajstić information content (AvgIpc) is 2.65. The Labute approximate surface area is 157 Å². The summed E-state index contributed by atoms with van der Waals surface area (Å²) in [6.07, 6.45) is 1.86. The molecule has 1 fully saturated rings. The van der Waals surface area contributed by atoms with E-state index in [4.69, 9.17) is 0 Å². The lowest BCUT2D eigenvalue weighted by Crippen LogP contribution is -2.51. The monoisotopic (exact) mass is 404 g/mol. The maximum absolute atomic E-state index is 12.5. The van der Waals surface area contributed by atoms with Crippen molar-refractivity contribution < 1.29 is 4.79 Å². The molecular weight excluding hydrogens is 380 g/mol. The SMILES string of the molecule is CCN(CC)CC(=O)N1CCN(c2ccnc3cc(Br)ccc23)CC1. The van der Waals surface area contributed by atoms with E-state index in [1.807, 2.05) is 17.2 Å². The van der Waals surface area contributed by atoms with Crippen LogP contribution in [-0.2, 0) is 4.79 Å². The van der Waals surface area contributed by atoms with Gasteiger partial charge in [0.05, 0.1) is 12.1 Å². The Balaban J connectivity index is 1.68. The zero-order chi connectivity index (χ0) is 17.8. The minimum atomic E-state index is 0.242. The molecule has 1 saturated heterocycles. The van der Waals surface area contributed by atoms with E-state index in [1.165, 1.54) is 5.69 Å². The summed E-state index contributed by atoms with van der Waals surface area (Å²) in [5, 5.41) is 1.16. The Morgan fingerprint density at radius 3 is 2.56 bits per heavy atom. The van der Waals surface area contributed by atoms with Gasteiger partial charge in [-0.1, -0.05) is 29.8 Å². The van der Waals surface area contributed by atoms with Gasteiger partial charge in [-0.3, -0.25) is 14.7 Å². The number of benzene rings is 1. The lowest BCUT2D eigenvalue weighted by Gasteiger charge is -2.37. The van der Waals surface area contributed by atoms with E-state index in [0.717, 1.165) is 54.6 Å². The molecule has 0 unspecified atom stereocenters. The number of nitrogens with zero attached hydrogens (tertiary/aromatic N) is 4. The molecule has 1 aliphatic heterocycles. The summed E-state index contributed by atoms with van der Waals surface area (Å²) in [6, 6.07) is 8.28. The highest BCUT2D eigenvalue weighted by Crippen LogP contribution is 2.28. The van der Waals surface area contributed by atoms with E-state index in [2.05, 4.69) is 62.8 Å². The smallest absolute Gasteiger partial charge is 0.236 e. The van der Waals surface area contributed by atoms with E-state index in [0.29, 0.717) is 6.54 Å². The van der Waals surface area contributed by atoms with E-state index >= 15 is 0 Å². The quantitative estimate of drug-likeness (QED) is 0.767. The molecule has 0 atom stereocenters. The summed E-state index contributed by atoms with van der Waals surface area (Å²) in [6.45, 7) is 9.84. The van der Waals surface area contributed by atoms with E-state index in [-0.39, 0.29) is 5.91 Å². The zero-order valence-electron chi connectivity index (χ0n) is 14.9. The second-order valence-corrected chi connectivity index (χ2v) is 7.24. The molecule has 1 aromatic carbocycles. The first-order valence-corrected chi connectivity index (χ1v) is 9.71. The molecule has 0 N–H and O–H groups in total. The number of rotatable bonds is 5. The lowest BCUT2D eigenvalue weighted by atomic mass is 10.1. The molecule has 1 aliphatic rings. The van der Waals surface area contributed by atoms with Crippen molar-refractivity contribution in [2.75, 3.05) is 50.7 Å². The lowest BCUT2D eigenvalue weighted by molar-refractivity contribution is -0.132. The Hall–Kier alpha value is -1.66. The van der Waals surface area contributed by atoms with Crippen molar-refractivity contribution in [2.24, 2.45) is 0 Å². The predicted molar refractivity (Wildman–Crippen MR) is 106 cm³/mol. The van der Waals surface area contributed by atoms with Crippen LogP contribution in [0.15, 0.2) is 34.9 Å². The largest absolute Gasteiger partial charge is 0.367 e. The fourth-order valence-corrected chi connectivity index (χ4v) is 3.67. The fraction of sp³-hybridized carbons (Fsp3) is 0.474. The normalized spacial score (nSPS) is 15.2. The first-order valence-electron chi connectivity index (χ1n) is 8.91. The van der Waals surface area contributed by atoms with Gasteiger partial charge in [-0.05, 0) is 37.4 Å². The number of anilines is 1. The van der Waals surface area contributed by atoms with Crippen molar-refractivity contribution in [1.29, 1.82) is 0 Å². The average molecular weight is 405 g/mol. The summed E-state index contributed by atoms with van der Waals surface area (Å²) >= 11 is 3.51. The van der Waals surface area contributed by atoms with Crippen LogP contribution in [0.2, 0.25) is 0 Å². The van der Waals surface area contributed by atoms with Gasteiger partial charge in [0.25, 0.3) is 0 Å². The van der Waals surface area contributed by atoms with Gasteiger partial charge in [0.2, 0.25) is 5.91 Å². The second kappa shape index (κ2) is 8.15. The maximum Gasteiger partial charge on any atom is 0.236 e. The number of piperazine rings is 1. The minimum Gasteiger partial charge on any atom is -0.367 e. The highest BCUT2D eigenvalue weighted by molar-refractivity contribution is 9.10. The Morgan fingerprint density at radius 1 is 1.16 bits per heavy atom. The van der Waals surface area contributed by atoms with Crippen LogP contribution in [0.25, 0.3) is 10.9 Å². The molecule has 3 rings (SSSR count). The number of halogens is 1. The predicted octanol–water partition coefficient (Wildman–Crippen LogP) is 2.99. The third kappa shape index (κ3) is 4.12. The molecule has 0 radical (unpaired) electrons. The highest BCUT2D eigenvalue weighted by atomic mass is 79.9. The standard InChI is InChI=1S/C19H25BrN4O/c1-3-22(4-2)14-19(25)24-11-9-23(10-12-24)18-7-8-21-17-13-15(20)5-6-16(17)18/h5-8,13H,3-4,9-12,14H2,1-2H3. The summed E-state index contributed by atoms with van der Waals surface area (Å²) in [5.41, 5.74) is 2.19. The van der Waals surface area contributed by atoms with Crippen LogP contribution >= 0.6 is 15.9 Å². The second-order valence-electron chi connectivity index (χ2n) is 6.32. The number of pyridine rings is 1. The molecule has 1 amide bonds. The number of hydrogen-bond donors (Lipinski definition) is 0. The minimum absolute atomic E-state index is 0.242. The van der Waals surface area contributed by atoms with Crippen LogP contribution in [0.1, 0.15) is 13.8 Å². The Kier molecular flexibility index (Phi) is 5.91. The first kappa shape index (κ1) is 18.1. The van der Waals surface area contributed by atoms with Crippen LogP contribution in [0, 0.1) is 0 Å². The van der Waals surface area contributed by atoms with Gasteiger partial charge >= 0.3 is 0 Å². The number of aromatic nitrogens is 1. The van der Waals surface area contributed by atoms with E-state index < -0.39 is 0 Å². The first-order chi connectivity index (χ1) is 12.1. The zero-order valence-corrected chi connectivity index (χ0v) is 16.5. The molecule has 25 heavy (non-hydrogen) atoms. The van der Waals surface area contributed by atoms with Crippen molar-refractivity contribution in [3.05, 3.63) is 34.9 Å². The molecule has 6 heteroatoms. The number of amides is 1. The fourth-order valence-electron chi connectivity index (χ4n) is 3.32. The van der Waals surface area contributed by atoms with Crippen LogP contribution < -0.4 is 4.90 Å². The maximum atomic E-state index is 12.5. The van der Waals surface area contributed by atoms with E-state index in [1.54, 1.807) is 0 Å². The molecule has 2 aromatic rings. The third-order valence-electron chi connectivity index (χ3n) is 4.91. The van der Waals surface area contributed by atoms with Crippen molar-refractivity contribution >= 4 is 38.4 Å². The third-order valence-corrected chi connectivity index (χ3v) is 5.40. The van der Waals surface area contributed by atoms with Gasteiger partial charge in [0, 0.05) is 47.9 Å². The molecular formula is C19H25BrN4O. The summed E-state index contributed by atoms with van der Waals surface area (Å²) in [5.74, 6) is 0.242. The van der Waals surface area contributed by atoms with Gasteiger partial charge < -0.3 is 9.80 Å². The van der Waals surface area contributed by atoms with Gasteiger partial charge in [0.15, 0.2) is 0 Å². The van der Waals surface area contributed by atoms with Gasteiger partial charge in [-0.15, -0.1) is 0 Å². The molecule has 0 saturated carbocycles. The van der Waals surface area contributed by atoms with Crippen LogP contribution in [-0.4, -0.2) is 66.5 Å². The Bertz CT molecular complexity index is 739. The highest BCUT2D eigenvalue weighted by Gasteiger charge is 2.23. The van der Waals surface area contributed by atoms with Crippen LogP contribution in [0.3, 0.4) is 0 Å². The molecule has 0 bridgehead atoms. The Morgan fingerprint density at radius 2 is 1.88 bits per heavy atom. The summed E-state index contributed by atoms with van der Waals surface area (Å²) < 4.78 is 1.04. The van der Waals surface area contributed by atoms with Crippen LogP contribution in [0.4, 0.5) is 5.69 Å². The number of likely N-dealkylation sites (N-methyl/N-ethyl adjacent to an activating group) is 1. The molecule has 0 aliphatic carbocycles. The van der Waals surface area contributed by atoms with Crippen molar-refractivity contribution in [3.63, 3.8) is 0 Å².